The maximum absolute atomic E-state index is 12.7. The molecule has 0 fully saturated rings. The zero-order chi connectivity index (χ0) is 19.2. The molecular weight excluding hydrogens is 391 g/mol. The lowest BCUT2D eigenvalue weighted by atomic mass is 10.1. The van der Waals surface area contributed by atoms with Crippen LogP contribution in [-0.2, 0) is 6.18 Å². The van der Waals surface area contributed by atoms with Crippen LogP contribution in [-0.4, -0.2) is 24.1 Å². The van der Waals surface area contributed by atoms with Gasteiger partial charge in [0.1, 0.15) is 10.0 Å². The van der Waals surface area contributed by atoms with Gasteiger partial charge in [0.15, 0.2) is 9.66 Å². The molecule has 0 aliphatic carbocycles. The van der Waals surface area contributed by atoms with Gasteiger partial charge in [-0.3, -0.25) is 0 Å². The van der Waals surface area contributed by atoms with Gasteiger partial charge in [-0.2, -0.15) is 13.2 Å². The van der Waals surface area contributed by atoms with E-state index in [-0.39, 0.29) is 0 Å². The number of anilines is 1. The van der Waals surface area contributed by atoms with E-state index < -0.39 is 11.7 Å². The molecule has 0 radical (unpaired) electrons. The molecule has 2 aromatic heterocycles. The van der Waals surface area contributed by atoms with Crippen molar-refractivity contribution in [1.82, 2.24) is 9.97 Å². The molecule has 0 saturated carbocycles. The average Bonchev–Trinajstić information content (AvgIpc) is 3.20. The minimum absolute atomic E-state index is 0.661. The van der Waals surface area contributed by atoms with Gasteiger partial charge in [-0.05, 0) is 36.4 Å². The maximum atomic E-state index is 12.7. The summed E-state index contributed by atoms with van der Waals surface area (Å²) in [5.41, 5.74) is 2.13. The van der Waals surface area contributed by atoms with Crippen LogP contribution in [0, 0.1) is 0 Å². The van der Waals surface area contributed by atoms with Crippen molar-refractivity contribution in [2.45, 2.75) is 6.18 Å². The number of hydrogen-bond donors (Lipinski definition) is 0. The van der Waals surface area contributed by atoms with Gasteiger partial charge in [-0.25, -0.2) is 9.97 Å². The van der Waals surface area contributed by atoms with E-state index in [0.717, 1.165) is 38.1 Å². The van der Waals surface area contributed by atoms with E-state index in [1.165, 1.54) is 34.8 Å². The Balaban J connectivity index is 1.62. The Morgan fingerprint density at radius 1 is 0.741 bits per heavy atom. The molecule has 0 bridgehead atoms. The van der Waals surface area contributed by atoms with Gasteiger partial charge in [0.05, 0.1) is 5.56 Å². The van der Waals surface area contributed by atoms with Crippen LogP contribution in [0.15, 0.2) is 48.5 Å². The summed E-state index contributed by atoms with van der Waals surface area (Å²) in [6.07, 6.45) is -4.33. The Hall–Kier alpha value is -2.45. The molecule has 0 aliphatic heterocycles. The Kier molecular flexibility index (Phi) is 4.39. The van der Waals surface area contributed by atoms with Gasteiger partial charge in [0, 0.05) is 30.9 Å². The predicted molar refractivity (Wildman–Crippen MR) is 105 cm³/mol. The topological polar surface area (TPSA) is 29.0 Å². The quantitative estimate of drug-likeness (QED) is 0.408. The summed E-state index contributed by atoms with van der Waals surface area (Å²) in [7, 11) is 3.97. The van der Waals surface area contributed by atoms with Crippen LogP contribution < -0.4 is 4.90 Å². The van der Waals surface area contributed by atoms with Crippen molar-refractivity contribution in [3.63, 3.8) is 0 Å². The molecule has 0 unspecified atom stereocenters. The number of halogens is 3. The number of benzene rings is 2. The van der Waals surface area contributed by atoms with E-state index in [4.69, 9.17) is 0 Å². The molecule has 4 rings (SSSR count). The minimum atomic E-state index is -4.33. The van der Waals surface area contributed by atoms with E-state index in [0.29, 0.717) is 10.6 Å². The predicted octanol–water partition coefficient (Wildman–Crippen LogP) is 6.17. The normalized spacial score (nSPS) is 11.9. The molecule has 27 heavy (non-hydrogen) atoms. The summed E-state index contributed by atoms with van der Waals surface area (Å²) in [4.78, 5) is 12.8. The van der Waals surface area contributed by atoms with E-state index in [1.54, 1.807) is 0 Å². The van der Waals surface area contributed by atoms with Crippen LogP contribution >= 0.6 is 22.7 Å². The first kappa shape index (κ1) is 17.9. The summed E-state index contributed by atoms with van der Waals surface area (Å²) >= 11 is 2.87. The summed E-state index contributed by atoms with van der Waals surface area (Å²) in [5, 5.41) is 1.56. The van der Waals surface area contributed by atoms with Crippen LogP contribution in [0.1, 0.15) is 5.56 Å². The second-order valence-electron chi connectivity index (χ2n) is 6.16. The Labute approximate surface area is 161 Å². The Morgan fingerprint density at radius 3 is 1.59 bits per heavy atom. The molecular formula is C19H14F3N3S2. The third-order valence-corrected chi connectivity index (χ3v) is 6.19. The van der Waals surface area contributed by atoms with Gasteiger partial charge in [0.2, 0.25) is 0 Å². The second kappa shape index (κ2) is 6.61. The highest BCUT2D eigenvalue weighted by atomic mass is 32.1. The molecule has 3 nitrogen and oxygen atoms in total. The first-order valence-corrected chi connectivity index (χ1v) is 9.67. The molecule has 2 aromatic carbocycles. The highest BCUT2D eigenvalue weighted by Gasteiger charge is 2.30. The van der Waals surface area contributed by atoms with Crippen LogP contribution in [0.5, 0.6) is 0 Å². The largest absolute Gasteiger partial charge is 0.416 e. The third-order valence-electron chi connectivity index (χ3n) is 4.07. The van der Waals surface area contributed by atoms with Crippen LogP contribution in [0.2, 0.25) is 0 Å². The van der Waals surface area contributed by atoms with Crippen molar-refractivity contribution in [1.29, 1.82) is 0 Å². The summed E-state index contributed by atoms with van der Waals surface area (Å²) in [6.45, 7) is 0. The number of alkyl halides is 3. The van der Waals surface area contributed by atoms with Crippen molar-refractivity contribution < 1.29 is 13.2 Å². The van der Waals surface area contributed by atoms with Gasteiger partial charge >= 0.3 is 6.18 Å². The van der Waals surface area contributed by atoms with Gasteiger partial charge in [0.25, 0.3) is 0 Å². The molecule has 0 aliphatic rings. The zero-order valence-electron chi connectivity index (χ0n) is 14.4. The van der Waals surface area contributed by atoms with E-state index in [9.17, 15) is 13.2 Å². The van der Waals surface area contributed by atoms with Crippen molar-refractivity contribution >= 4 is 38.0 Å². The fourth-order valence-electron chi connectivity index (χ4n) is 2.59. The molecule has 0 amide bonds. The number of fused-ring (bicyclic) bond motifs is 1. The van der Waals surface area contributed by atoms with Crippen LogP contribution in [0.3, 0.4) is 0 Å². The number of aromatic nitrogens is 2. The molecule has 0 saturated heterocycles. The van der Waals surface area contributed by atoms with E-state index >= 15 is 0 Å². The molecule has 0 N–H and O–H groups in total. The fraction of sp³-hybridized carbons (Fsp3) is 0.158. The summed E-state index contributed by atoms with van der Waals surface area (Å²) in [6, 6.07) is 13.2. The lowest BCUT2D eigenvalue weighted by molar-refractivity contribution is -0.137. The molecule has 0 atom stereocenters. The smallest absolute Gasteiger partial charge is 0.378 e. The lowest BCUT2D eigenvalue weighted by Gasteiger charge is -2.11. The van der Waals surface area contributed by atoms with Crippen molar-refractivity contribution in [3.8, 4) is 21.1 Å². The number of rotatable bonds is 3. The standard InChI is InChI=1S/C19H14F3N3S2/c1-25(2)14-9-5-12(6-10-14)16-24-18-17(27-16)23-15(26-18)11-3-7-13(8-4-11)19(20,21)22/h3-10H,1-2H3. The fourth-order valence-corrected chi connectivity index (χ4v) is 4.65. The maximum Gasteiger partial charge on any atom is 0.416 e. The number of thiazole rings is 2. The molecule has 138 valence electrons. The molecule has 8 heteroatoms. The van der Waals surface area contributed by atoms with Gasteiger partial charge < -0.3 is 4.90 Å². The second-order valence-corrected chi connectivity index (χ2v) is 8.12. The first-order valence-electron chi connectivity index (χ1n) is 8.04. The average molecular weight is 405 g/mol. The van der Waals surface area contributed by atoms with E-state index in [2.05, 4.69) is 9.97 Å². The van der Waals surface area contributed by atoms with Gasteiger partial charge in [-0.15, -0.1) is 0 Å². The van der Waals surface area contributed by atoms with Crippen molar-refractivity contribution in [2.24, 2.45) is 0 Å². The van der Waals surface area contributed by atoms with Crippen molar-refractivity contribution in [3.05, 3.63) is 54.1 Å². The minimum Gasteiger partial charge on any atom is -0.378 e. The SMILES string of the molecule is CN(C)c1ccc(-c2nc3sc(-c4ccc(C(F)(F)F)cc4)nc3s2)cc1. The Morgan fingerprint density at radius 2 is 1.19 bits per heavy atom. The zero-order valence-corrected chi connectivity index (χ0v) is 16.0. The summed E-state index contributed by atoms with van der Waals surface area (Å²) < 4.78 is 38.1. The third kappa shape index (κ3) is 3.54. The first-order chi connectivity index (χ1) is 12.8. The highest BCUT2D eigenvalue weighted by Crippen LogP contribution is 2.37. The molecule has 2 heterocycles. The van der Waals surface area contributed by atoms with Gasteiger partial charge in [-0.1, -0.05) is 34.8 Å². The summed E-state index contributed by atoms with van der Waals surface area (Å²) in [5.74, 6) is 0. The number of hydrogen-bond acceptors (Lipinski definition) is 5. The Bertz CT molecular complexity index is 1050. The lowest BCUT2D eigenvalue weighted by Crippen LogP contribution is -2.07. The van der Waals surface area contributed by atoms with Crippen LogP contribution in [0.25, 0.3) is 30.8 Å². The van der Waals surface area contributed by atoms with Crippen LogP contribution in [0.4, 0.5) is 18.9 Å². The van der Waals surface area contributed by atoms with E-state index in [1.807, 2.05) is 43.3 Å². The molecule has 4 aromatic rings. The number of nitrogens with zero attached hydrogens (tertiary/aromatic N) is 3. The monoisotopic (exact) mass is 405 g/mol. The highest BCUT2D eigenvalue weighted by molar-refractivity contribution is 7.29. The molecule has 0 spiro atoms. The van der Waals surface area contributed by atoms with Crippen molar-refractivity contribution in [2.75, 3.05) is 19.0 Å².